The Bertz CT molecular complexity index is 347. The molecule has 0 aliphatic heterocycles. The average Bonchev–Trinajstić information content (AvgIpc) is 3.15. The normalized spacial score (nSPS) is 9.33. The van der Waals surface area contributed by atoms with Crippen LogP contribution in [0.1, 0.15) is 79.8 Å². The van der Waals surface area contributed by atoms with Gasteiger partial charge in [-0.3, -0.25) is 0 Å². The molecular weight excluding hydrogens is 340 g/mol. The molecule has 1 N–H and O–H groups in total. The number of hydrogen-bond donors (Lipinski definition) is 1. The van der Waals surface area contributed by atoms with Crippen molar-refractivity contribution in [1.82, 2.24) is 20.3 Å². The molecule has 1 aromatic heterocycles. The van der Waals surface area contributed by atoms with Gasteiger partial charge in [0, 0.05) is 12.7 Å². The van der Waals surface area contributed by atoms with Crippen molar-refractivity contribution in [2.24, 2.45) is 0 Å². The van der Waals surface area contributed by atoms with Gasteiger partial charge in [0.25, 0.3) is 0 Å². The second-order valence-electron chi connectivity index (χ2n) is 5.16. The van der Waals surface area contributed by atoms with Gasteiger partial charge in [-0.2, -0.15) is 0 Å². The SMILES string of the molecule is CC.CC.CC.CCCCCCNCCOCCOCCn1cc(C)nn1. The molecule has 1 heterocycles. The van der Waals surface area contributed by atoms with Crippen molar-refractivity contribution < 1.29 is 9.47 Å². The highest BCUT2D eigenvalue weighted by atomic mass is 16.5. The Kier molecular flexibility index (Phi) is 33.9. The number of nitrogens with zero attached hydrogens (tertiary/aromatic N) is 3. The molecule has 6 nitrogen and oxygen atoms in total. The molecule has 0 amide bonds. The molecule has 1 rings (SSSR count). The highest BCUT2D eigenvalue weighted by Crippen LogP contribution is 1.96. The molecule has 0 unspecified atom stereocenters. The van der Waals surface area contributed by atoms with Crippen LogP contribution >= 0.6 is 0 Å². The van der Waals surface area contributed by atoms with E-state index in [0.29, 0.717) is 19.8 Å². The van der Waals surface area contributed by atoms with E-state index in [1.807, 2.05) is 54.7 Å². The van der Waals surface area contributed by atoms with Crippen molar-refractivity contribution in [2.75, 3.05) is 39.5 Å². The molecular formula is C21H48N4O2. The van der Waals surface area contributed by atoms with Gasteiger partial charge in [0.1, 0.15) is 0 Å². The van der Waals surface area contributed by atoms with Gasteiger partial charge < -0.3 is 14.8 Å². The van der Waals surface area contributed by atoms with Crippen LogP contribution in [0.15, 0.2) is 6.20 Å². The van der Waals surface area contributed by atoms with Crippen LogP contribution in [0.3, 0.4) is 0 Å². The van der Waals surface area contributed by atoms with Crippen molar-refractivity contribution in [1.29, 1.82) is 0 Å². The predicted octanol–water partition coefficient (Wildman–Crippen LogP) is 4.87. The first-order valence-corrected chi connectivity index (χ1v) is 11.1. The molecule has 6 heteroatoms. The largest absolute Gasteiger partial charge is 0.378 e. The maximum absolute atomic E-state index is 5.50. The summed E-state index contributed by atoms with van der Waals surface area (Å²) in [6.45, 7) is 21.6. The Labute approximate surface area is 169 Å². The number of nitrogens with one attached hydrogen (secondary N) is 1. The minimum atomic E-state index is 0.629. The van der Waals surface area contributed by atoms with Crippen molar-refractivity contribution in [3.63, 3.8) is 0 Å². The third-order valence-corrected chi connectivity index (χ3v) is 3.12. The zero-order valence-corrected chi connectivity index (χ0v) is 19.5. The first-order chi connectivity index (χ1) is 13.3. The lowest BCUT2D eigenvalue weighted by Gasteiger charge is -2.07. The van der Waals surface area contributed by atoms with E-state index in [0.717, 1.165) is 31.9 Å². The Hall–Kier alpha value is -0.980. The molecule has 0 atom stereocenters. The topological polar surface area (TPSA) is 61.2 Å². The summed E-state index contributed by atoms with van der Waals surface area (Å²) in [5, 5.41) is 11.3. The lowest BCUT2D eigenvalue weighted by Crippen LogP contribution is -2.21. The molecule has 0 aliphatic rings. The smallest absolute Gasteiger partial charge is 0.0796 e. The summed E-state index contributed by atoms with van der Waals surface area (Å²) in [5.74, 6) is 0. The van der Waals surface area contributed by atoms with Gasteiger partial charge >= 0.3 is 0 Å². The predicted molar refractivity (Wildman–Crippen MR) is 117 cm³/mol. The third kappa shape index (κ3) is 25.0. The van der Waals surface area contributed by atoms with E-state index in [1.54, 1.807) is 4.68 Å². The van der Waals surface area contributed by atoms with Crippen LogP contribution in [0.4, 0.5) is 0 Å². The fraction of sp³-hybridized carbons (Fsp3) is 0.905. The fourth-order valence-corrected chi connectivity index (χ4v) is 1.93. The fourth-order valence-electron chi connectivity index (χ4n) is 1.93. The summed E-state index contributed by atoms with van der Waals surface area (Å²) < 4.78 is 12.8. The Morgan fingerprint density at radius 2 is 1.48 bits per heavy atom. The van der Waals surface area contributed by atoms with Gasteiger partial charge in [-0.05, 0) is 19.9 Å². The Morgan fingerprint density at radius 1 is 0.852 bits per heavy atom. The van der Waals surface area contributed by atoms with Crippen LogP contribution in [0, 0.1) is 6.92 Å². The van der Waals surface area contributed by atoms with Gasteiger partial charge in [-0.15, -0.1) is 5.10 Å². The number of rotatable bonds is 14. The minimum Gasteiger partial charge on any atom is -0.378 e. The van der Waals surface area contributed by atoms with Gasteiger partial charge in [0.05, 0.1) is 38.7 Å². The summed E-state index contributed by atoms with van der Waals surface area (Å²) in [4.78, 5) is 0. The number of unbranched alkanes of at least 4 members (excludes halogenated alkanes) is 3. The highest BCUT2D eigenvalue weighted by molar-refractivity contribution is 4.86. The lowest BCUT2D eigenvalue weighted by molar-refractivity contribution is 0.0449. The maximum Gasteiger partial charge on any atom is 0.0796 e. The zero-order valence-electron chi connectivity index (χ0n) is 19.5. The zero-order chi connectivity index (χ0) is 21.2. The van der Waals surface area contributed by atoms with Gasteiger partial charge in [0.15, 0.2) is 0 Å². The molecule has 0 bridgehead atoms. The molecule has 0 aromatic carbocycles. The first-order valence-electron chi connectivity index (χ1n) is 11.1. The molecule has 0 saturated heterocycles. The summed E-state index contributed by atoms with van der Waals surface area (Å²) in [7, 11) is 0. The van der Waals surface area contributed by atoms with Crippen molar-refractivity contribution >= 4 is 0 Å². The van der Waals surface area contributed by atoms with Gasteiger partial charge in [-0.25, -0.2) is 4.68 Å². The van der Waals surface area contributed by atoms with E-state index < -0.39 is 0 Å². The number of ether oxygens (including phenoxy) is 2. The summed E-state index contributed by atoms with van der Waals surface area (Å²) in [6.07, 6.45) is 7.12. The molecule has 164 valence electrons. The number of hydrogen-bond acceptors (Lipinski definition) is 5. The van der Waals surface area contributed by atoms with E-state index in [4.69, 9.17) is 9.47 Å². The Balaban J connectivity index is -0.000000869. The van der Waals surface area contributed by atoms with Gasteiger partial charge in [0.2, 0.25) is 0 Å². The second-order valence-corrected chi connectivity index (χ2v) is 5.16. The summed E-state index contributed by atoms with van der Waals surface area (Å²) in [6, 6.07) is 0. The lowest BCUT2D eigenvalue weighted by atomic mass is 10.2. The van der Waals surface area contributed by atoms with Crippen LogP contribution in [-0.4, -0.2) is 54.5 Å². The molecule has 0 fully saturated rings. The number of aromatic nitrogens is 3. The van der Waals surface area contributed by atoms with Crippen molar-refractivity contribution in [2.45, 2.75) is 87.6 Å². The molecule has 0 saturated carbocycles. The standard InChI is InChI=1S/C15H30N4O2.3C2H6/c1-3-4-5-6-7-16-8-10-20-12-13-21-11-9-19-14-15(2)17-18-19;3*1-2/h14,16H,3-13H2,1-2H3;3*1-2H3. The molecule has 1 aromatic rings. The quantitative estimate of drug-likeness (QED) is 0.461. The Morgan fingerprint density at radius 3 is 2.04 bits per heavy atom. The minimum absolute atomic E-state index is 0.629. The van der Waals surface area contributed by atoms with E-state index >= 15 is 0 Å². The average molecular weight is 389 g/mol. The van der Waals surface area contributed by atoms with E-state index in [-0.39, 0.29) is 0 Å². The van der Waals surface area contributed by atoms with Crippen LogP contribution in [0.25, 0.3) is 0 Å². The van der Waals surface area contributed by atoms with Crippen molar-refractivity contribution in [3.05, 3.63) is 11.9 Å². The monoisotopic (exact) mass is 388 g/mol. The first kappa shape index (κ1) is 30.7. The van der Waals surface area contributed by atoms with Crippen LogP contribution in [-0.2, 0) is 16.0 Å². The molecule has 0 spiro atoms. The number of aryl methyl sites for hydroxylation is 1. The third-order valence-electron chi connectivity index (χ3n) is 3.12. The summed E-state index contributed by atoms with van der Waals surface area (Å²) in [5.41, 5.74) is 0.931. The van der Waals surface area contributed by atoms with Crippen LogP contribution < -0.4 is 5.32 Å². The molecule has 0 radical (unpaired) electrons. The van der Waals surface area contributed by atoms with E-state index in [9.17, 15) is 0 Å². The van der Waals surface area contributed by atoms with Crippen molar-refractivity contribution in [3.8, 4) is 0 Å². The van der Waals surface area contributed by atoms with Crippen LogP contribution in [0.5, 0.6) is 0 Å². The van der Waals surface area contributed by atoms with Gasteiger partial charge in [-0.1, -0.05) is 72.9 Å². The highest BCUT2D eigenvalue weighted by Gasteiger charge is 1.95. The van der Waals surface area contributed by atoms with E-state index in [2.05, 4.69) is 22.6 Å². The molecule has 0 aliphatic carbocycles. The van der Waals surface area contributed by atoms with Crippen LogP contribution in [0.2, 0.25) is 0 Å². The molecule has 27 heavy (non-hydrogen) atoms. The summed E-state index contributed by atoms with van der Waals surface area (Å²) >= 11 is 0. The van der Waals surface area contributed by atoms with E-state index in [1.165, 1.54) is 25.7 Å². The maximum atomic E-state index is 5.50. The second kappa shape index (κ2) is 29.8.